The summed E-state index contributed by atoms with van der Waals surface area (Å²) in [5.74, 6) is -0.668. The van der Waals surface area contributed by atoms with Crippen molar-refractivity contribution in [2.75, 3.05) is 0 Å². The van der Waals surface area contributed by atoms with Crippen LogP contribution in [0.2, 0.25) is 0 Å². The van der Waals surface area contributed by atoms with Crippen molar-refractivity contribution in [3.8, 4) is 0 Å². The Bertz CT molecular complexity index is 351. The number of rotatable bonds is 2. The second-order valence-corrected chi connectivity index (χ2v) is 2.63. The molecule has 0 unspecified atom stereocenters. The van der Waals surface area contributed by atoms with Gasteiger partial charge in [0.15, 0.2) is 0 Å². The van der Waals surface area contributed by atoms with Gasteiger partial charge in [-0.1, -0.05) is 0 Å². The van der Waals surface area contributed by atoms with Gasteiger partial charge < -0.3 is 5.11 Å². The summed E-state index contributed by atoms with van der Waals surface area (Å²) in [4.78, 5) is 9.60. The van der Waals surface area contributed by atoms with Crippen LogP contribution < -0.4 is 0 Å². The summed E-state index contributed by atoms with van der Waals surface area (Å²) in [5.41, 5.74) is 0.145. The van der Waals surface area contributed by atoms with Crippen LogP contribution in [-0.4, -0.2) is 10.0 Å². The van der Waals surface area contributed by atoms with Gasteiger partial charge in [0.1, 0.15) is 5.82 Å². The maximum atomic E-state index is 13.0. The summed E-state index contributed by atoms with van der Waals surface area (Å²) in [7, 11) is 0. The SMILES string of the molecule is Cc1c(F)cc([N+](=O)[O-])cc1CO. The number of benzene rings is 1. The molecule has 0 heterocycles. The topological polar surface area (TPSA) is 63.4 Å². The van der Waals surface area contributed by atoms with Crippen molar-refractivity contribution in [2.45, 2.75) is 13.5 Å². The third kappa shape index (κ3) is 1.81. The lowest BCUT2D eigenvalue weighted by Crippen LogP contribution is -1.97. The molecule has 13 heavy (non-hydrogen) atoms. The lowest BCUT2D eigenvalue weighted by molar-refractivity contribution is -0.385. The molecule has 70 valence electrons. The molecule has 0 fully saturated rings. The van der Waals surface area contributed by atoms with E-state index in [0.29, 0.717) is 0 Å². The van der Waals surface area contributed by atoms with Crippen LogP contribution in [0.25, 0.3) is 0 Å². The van der Waals surface area contributed by atoms with Crippen molar-refractivity contribution in [1.82, 2.24) is 0 Å². The van der Waals surface area contributed by atoms with Crippen molar-refractivity contribution < 1.29 is 14.4 Å². The van der Waals surface area contributed by atoms with E-state index in [-0.39, 0.29) is 16.8 Å². The predicted molar refractivity (Wildman–Crippen MR) is 43.7 cm³/mol. The number of halogens is 1. The van der Waals surface area contributed by atoms with Crippen molar-refractivity contribution in [3.05, 3.63) is 39.2 Å². The zero-order valence-electron chi connectivity index (χ0n) is 6.95. The summed E-state index contributed by atoms with van der Waals surface area (Å²) in [6.45, 7) is 1.06. The Morgan fingerprint density at radius 1 is 1.62 bits per heavy atom. The molecule has 1 aromatic rings. The maximum absolute atomic E-state index is 13.0. The van der Waals surface area contributed by atoms with E-state index < -0.39 is 17.3 Å². The van der Waals surface area contributed by atoms with Crippen molar-refractivity contribution >= 4 is 5.69 Å². The number of nitro benzene ring substituents is 1. The zero-order chi connectivity index (χ0) is 10.0. The first-order valence-corrected chi connectivity index (χ1v) is 3.60. The van der Waals surface area contributed by atoms with Crippen molar-refractivity contribution in [1.29, 1.82) is 0 Å². The van der Waals surface area contributed by atoms with Crippen molar-refractivity contribution in [3.63, 3.8) is 0 Å². The number of nitro groups is 1. The van der Waals surface area contributed by atoms with Crippen molar-refractivity contribution in [2.24, 2.45) is 0 Å². The molecule has 0 amide bonds. The Morgan fingerprint density at radius 2 is 2.23 bits per heavy atom. The number of non-ortho nitro benzene ring substituents is 1. The smallest absolute Gasteiger partial charge is 0.272 e. The van der Waals surface area contributed by atoms with Crippen LogP contribution >= 0.6 is 0 Å². The van der Waals surface area contributed by atoms with Crippen LogP contribution in [0.1, 0.15) is 11.1 Å². The van der Waals surface area contributed by atoms with Gasteiger partial charge in [-0.25, -0.2) is 4.39 Å². The molecule has 0 aliphatic carbocycles. The second-order valence-electron chi connectivity index (χ2n) is 2.63. The Hall–Kier alpha value is -1.49. The number of aliphatic hydroxyl groups is 1. The first-order chi connectivity index (χ1) is 6.06. The molecular weight excluding hydrogens is 177 g/mol. The highest BCUT2D eigenvalue weighted by Crippen LogP contribution is 2.20. The van der Waals surface area contributed by atoms with Crippen LogP contribution in [0, 0.1) is 22.9 Å². The van der Waals surface area contributed by atoms with Gasteiger partial charge in [0.05, 0.1) is 17.6 Å². The normalized spacial score (nSPS) is 10.1. The van der Waals surface area contributed by atoms with Gasteiger partial charge in [0.25, 0.3) is 5.69 Å². The zero-order valence-corrected chi connectivity index (χ0v) is 6.95. The number of hydrogen-bond acceptors (Lipinski definition) is 3. The van der Waals surface area contributed by atoms with Crippen LogP contribution in [0.4, 0.5) is 10.1 Å². The van der Waals surface area contributed by atoms with E-state index in [0.717, 1.165) is 6.07 Å². The van der Waals surface area contributed by atoms with Gasteiger partial charge in [-0.15, -0.1) is 0 Å². The molecular formula is C8H8FNO3. The molecule has 0 spiro atoms. The van der Waals surface area contributed by atoms with Gasteiger partial charge in [-0.05, 0) is 18.1 Å². The fourth-order valence-corrected chi connectivity index (χ4v) is 0.990. The first kappa shape index (κ1) is 9.60. The molecule has 0 radical (unpaired) electrons. The molecule has 1 aromatic carbocycles. The number of nitrogens with zero attached hydrogens (tertiary/aromatic N) is 1. The van der Waals surface area contributed by atoms with Gasteiger partial charge in [-0.2, -0.15) is 0 Å². The minimum absolute atomic E-state index is 0.242. The fourth-order valence-electron chi connectivity index (χ4n) is 0.990. The molecule has 0 aromatic heterocycles. The largest absolute Gasteiger partial charge is 0.392 e. The molecule has 1 N–H and O–H groups in total. The monoisotopic (exact) mass is 185 g/mol. The molecule has 0 saturated heterocycles. The maximum Gasteiger partial charge on any atom is 0.272 e. The Labute approximate surface area is 73.8 Å². The summed E-state index contributed by atoms with van der Waals surface area (Å²) in [5, 5.41) is 19.0. The Morgan fingerprint density at radius 3 is 2.69 bits per heavy atom. The van der Waals surface area contributed by atoms with Crippen LogP contribution in [0.5, 0.6) is 0 Å². The Balaban J connectivity index is 3.30. The van der Waals surface area contributed by atoms with Crippen LogP contribution in [-0.2, 0) is 6.61 Å². The summed E-state index contributed by atoms with van der Waals surface area (Å²) in [6, 6.07) is 2.01. The highest BCUT2D eigenvalue weighted by atomic mass is 19.1. The van der Waals surface area contributed by atoms with Crippen LogP contribution in [0.3, 0.4) is 0 Å². The minimum atomic E-state index is -0.693. The first-order valence-electron chi connectivity index (χ1n) is 3.60. The minimum Gasteiger partial charge on any atom is -0.392 e. The predicted octanol–water partition coefficient (Wildman–Crippen LogP) is 1.53. The number of hydrogen-bond donors (Lipinski definition) is 1. The lowest BCUT2D eigenvalue weighted by atomic mass is 10.1. The molecule has 0 aliphatic rings. The van der Waals surface area contributed by atoms with Gasteiger partial charge in [-0.3, -0.25) is 10.1 Å². The van der Waals surface area contributed by atoms with E-state index in [1.54, 1.807) is 0 Å². The third-order valence-corrected chi connectivity index (χ3v) is 1.82. The van der Waals surface area contributed by atoms with Crippen LogP contribution in [0.15, 0.2) is 12.1 Å². The van der Waals surface area contributed by atoms with E-state index in [2.05, 4.69) is 0 Å². The van der Waals surface area contributed by atoms with Gasteiger partial charge in [0, 0.05) is 6.07 Å². The highest BCUT2D eigenvalue weighted by Gasteiger charge is 2.12. The Kier molecular flexibility index (Phi) is 2.57. The van der Waals surface area contributed by atoms with E-state index in [4.69, 9.17) is 5.11 Å². The van der Waals surface area contributed by atoms with E-state index >= 15 is 0 Å². The summed E-state index contributed by atoms with van der Waals surface area (Å²) < 4.78 is 13.0. The average Bonchev–Trinajstić information content (AvgIpc) is 2.09. The fraction of sp³-hybridized carbons (Fsp3) is 0.250. The molecule has 0 atom stereocenters. The van der Waals surface area contributed by atoms with E-state index in [9.17, 15) is 14.5 Å². The quantitative estimate of drug-likeness (QED) is 0.561. The highest BCUT2D eigenvalue weighted by molar-refractivity contribution is 5.40. The van der Waals surface area contributed by atoms with Gasteiger partial charge in [0.2, 0.25) is 0 Å². The lowest BCUT2D eigenvalue weighted by Gasteiger charge is -2.02. The summed E-state index contributed by atoms with van der Waals surface area (Å²) >= 11 is 0. The third-order valence-electron chi connectivity index (χ3n) is 1.82. The standard InChI is InChI=1S/C8H8FNO3/c1-5-6(4-11)2-7(10(12)13)3-8(5)9/h2-3,11H,4H2,1H3. The molecule has 0 aliphatic heterocycles. The van der Waals surface area contributed by atoms with E-state index in [1.807, 2.05) is 0 Å². The molecule has 0 bridgehead atoms. The molecule has 0 saturated carbocycles. The summed E-state index contributed by atoms with van der Waals surface area (Å²) in [6.07, 6.45) is 0. The molecule has 5 heteroatoms. The van der Waals surface area contributed by atoms with E-state index in [1.165, 1.54) is 13.0 Å². The average molecular weight is 185 g/mol. The second kappa shape index (κ2) is 3.49. The molecule has 4 nitrogen and oxygen atoms in total. The van der Waals surface area contributed by atoms with Gasteiger partial charge >= 0.3 is 0 Å². The number of aliphatic hydroxyl groups excluding tert-OH is 1. The molecule has 1 rings (SSSR count).